The highest BCUT2D eigenvalue weighted by atomic mass is 16.7. The number of hydrogen-bond donors (Lipinski definition) is 2. The molecule has 0 atom stereocenters. The summed E-state index contributed by atoms with van der Waals surface area (Å²) in [4.78, 5) is 0. The first kappa shape index (κ1) is 20.5. The topological polar surface area (TPSA) is 77.4 Å². The highest BCUT2D eigenvalue weighted by molar-refractivity contribution is 4.95. The van der Waals surface area contributed by atoms with Crippen LogP contribution in [0.15, 0.2) is 0 Å². The zero-order valence-corrected chi connectivity index (χ0v) is 16.8. The van der Waals surface area contributed by atoms with Crippen molar-refractivity contribution in [1.82, 2.24) is 0 Å². The van der Waals surface area contributed by atoms with Crippen LogP contribution < -0.4 is 0 Å². The quantitative estimate of drug-likeness (QED) is 0.789. The third kappa shape index (κ3) is 3.45. The molecule has 3 rings (SSSR count). The Balaban J connectivity index is 1.57. The van der Waals surface area contributed by atoms with Gasteiger partial charge in [-0.1, -0.05) is 27.7 Å². The van der Waals surface area contributed by atoms with Gasteiger partial charge in [0, 0.05) is 36.5 Å². The normalized spacial score (nSPS) is 44.3. The van der Waals surface area contributed by atoms with Crippen molar-refractivity contribution in [2.24, 2.45) is 22.7 Å². The minimum absolute atomic E-state index is 0.0787. The van der Waals surface area contributed by atoms with Crippen LogP contribution in [0.3, 0.4) is 0 Å². The average Bonchev–Trinajstić information content (AvgIpc) is 2.66. The summed E-state index contributed by atoms with van der Waals surface area (Å²) in [7, 11) is 0. The first-order valence-electron chi connectivity index (χ1n) is 10.0. The van der Waals surface area contributed by atoms with E-state index in [0.717, 1.165) is 25.7 Å². The summed E-state index contributed by atoms with van der Waals surface area (Å²) < 4.78 is 24.7. The van der Waals surface area contributed by atoms with E-state index in [9.17, 15) is 10.2 Å². The van der Waals surface area contributed by atoms with Crippen molar-refractivity contribution < 1.29 is 29.2 Å². The van der Waals surface area contributed by atoms with Gasteiger partial charge in [0.15, 0.2) is 11.6 Å². The van der Waals surface area contributed by atoms with Gasteiger partial charge in [-0.25, -0.2) is 0 Å². The molecule has 26 heavy (non-hydrogen) atoms. The molecule has 2 saturated heterocycles. The van der Waals surface area contributed by atoms with Gasteiger partial charge in [-0.2, -0.15) is 0 Å². The summed E-state index contributed by atoms with van der Waals surface area (Å²) in [6.45, 7) is 10.7. The SMILES string of the molecule is CC(C)C1(CO)COC2(CCC3(CC2)OCC(CO)(C(C)C)CO3)OC1. The Morgan fingerprint density at radius 2 is 0.885 bits per heavy atom. The number of rotatable bonds is 4. The first-order chi connectivity index (χ1) is 12.3. The first-order valence-corrected chi connectivity index (χ1v) is 10.0. The van der Waals surface area contributed by atoms with E-state index in [1.165, 1.54) is 0 Å². The maximum absolute atomic E-state index is 9.79. The van der Waals surface area contributed by atoms with Crippen LogP contribution in [0.1, 0.15) is 53.4 Å². The van der Waals surface area contributed by atoms with Crippen molar-refractivity contribution in [2.75, 3.05) is 39.6 Å². The molecule has 2 heterocycles. The maximum atomic E-state index is 9.79. The van der Waals surface area contributed by atoms with Gasteiger partial charge in [0.25, 0.3) is 0 Å². The summed E-state index contributed by atoms with van der Waals surface area (Å²) in [5, 5.41) is 19.6. The fraction of sp³-hybridized carbons (Fsp3) is 1.00. The molecule has 3 aliphatic rings. The molecule has 0 amide bonds. The van der Waals surface area contributed by atoms with E-state index in [1.807, 2.05) is 0 Å². The fourth-order valence-electron chi connectivity index (χ4n) is 4.07. The van der Waals surface area contributed by atoms with E-state index < -0.39 is 11.6 Å². The molecule has 0 aromatic rings. The van der Waals surface area contributed by atoms with Gasteiger partial charge in [-0.3, -0.25) is 0 Å². The molecule has 0 unspecified atom stereocenters. The second kappa shape index (κ2) is 7.30. The van der Waals surface area contributed by atoms with Crippen LogP contribution >= 0.6 is 0 Å². The minimum Gasteiger partial charge on any atom is -0.396 e. The van der Waals surface area contributed by atoms with Gasteiger partial charge >= 0.3 is 0 Å². The van der Waals surface area contributed by atoms with Gasteiger partial charge in [0.2, 0.25) is 0 Å². The lowest BCUT2D eigenvalue weighted by Gasteiger charge is -2.54. The van der Waals surface area contributed by atoms with E-state index in [2.05, 4.69) is 27.7 Å². The monoisotopic (exact) mass is 372 g/mol. The molecule has 1 saturated carbocycles. The van der Waals surface area contributed by atoms with Crippen molar-refractivity contribution in [3.05, 3.63) is 0 Å². The Morgan fingerprint density at radius 3 is 1.08 bits per heavy atom. The van der Waals surface area contributed by atoms with Crippen molar-refractivity contribution in [2.45, 2.75) is 65.0 Å². The standard InChI is InChI=1S/C20H36O6/c1-15(2)17(9-21)11-23-19(24-12-17)5-7-20(8-6-19)25-13-18(10-22,14-26-20)16(3)4/h15-16,21-22H,5-14H2,1-4H3. The molecule has 2 spiro atoms. The molecule has 3 fully saturated rings. The predicted molar refractivity (Wildman–Crippen MR) is 96.5 cm³/mol. The van der Waals surface area contributed by atoms with Gasteiger partial charge in [-0.05, 0) is 11.8 Å². The molecule has 0 bridgehead atoms. The third-order valence-electron chi connectivity index (χ3n) is 7.34. The molecule has 0 radical (unpaired) electrons. The lowest BCUT2D eigenvalue weighted by Crippen LogP contribution is -2.59. The molecule has 6 heteroatoms. The van der Waals surface area contributed by atoms with Gasteiger partial charge in [0.1, 0.15) is 0 Å². The van der Waals surface area contributed by atoms with Crippen molar-refractivity contribution >= 4 is 0 Å². The number of ether oxygens (including phenoxy) is 4. The molecule has 2 aliphatic heterocycles. The van der Waals surface area contributed by atoms with E-state index in [0.29, 0.717) is 38.3 Å². The molecule has 152 valence electrons. The number of aliphatic hydroxyl groups excluding tert-OH is 2. The molecule has 2 N–H and O–H groups in total. The lowest BCUT2D eigenvalue weighted by molar-refractivity contribution is -0.375. The lowest BCUT2D eigenvalue weighted by atomic mass is 9.76. The van der Waals surface area contributed by atoms with Gasteiger partial charge in [0.05, 0.1) is 39.6 Å². The van der Waals surface area contributed by atoms with Gasteiger partial charge < -0.3 is 29.2 Å². The van der Waals surface area contributed by atoms with E-state index in [-0.39, 0.29) is 24.0 Å². The van der Waals surface area contributed by atoms with Crippen LogP contribution in [0, 0.1) is 22.7 Å². The Labute approximate surface area is 157 Å². The van der Waals surface area contributed by atoms with Crippen molar-refractivity contribution in [3.63, 3.8) is 0 Å². The summed E-state index contributed by atoms with van der Waals surface area (Å²) in [5.74, 6) is -0.552. The fourth-order valence-corrected chi connectivity index (χ4v) is 4.07. The predicted octanol–water partition coefficient (Wildman–Crippen LogP) is 2.32. The third-order valence-corrected chi connectivity index (χ3v) is 7.34. The van der Waals surface area contributed by atoms with Crippen molar-refractivity contribution in [1.29, 1.82) is 0 Å². The summed E-state index contributed by atoms with van der Waals surface area (Å²) in [6.07, 6.45) is 2.89. The number of hydrogen-bond acceptors (Lipinski definition) is 6. The molecular weight excluding hydrogens is 336 g/mol. The molecule has 0 aromatic heterocycles. The molecular formula is C20H36O6. The average molecular weight is 373 g/mol. The largest absolute Gasteiger partial charge is 0.396 e. The second-order valence-corrected chi connectivity index (χ2v) is 9.33. The maximum Gasteiger partial charge on any atom is 0.168 e. The zero-order chi connectivity index (χ0) is 19.1. The Kier molecular flexibility index (Phi) is 5.75. The Morgan fingerprint density at radius 1 is 0.615 bits per heavy atom. The van der Waals surface area contributed by atoms with Crippen LogP contribution in [-0.2, 0) is 18.9 Å². The number of aliphatic hydroxyl groups is 2. The van der Waals surface area contributed by atoms with Crippen LogP contribution in [0.2, 0.25) is 0 Å². The summed E-state index contributed by atoms with van der Waals surface area (Å²) in [5.41, 5.74) is -0.619. The van der Waals surface area contributed by atoms with Crippen LogP contribution in [0.25, 0.3) is 0 Å². The van der Waals surface area contributed by atoms with E-state index in [4.69, 9.17) is 18.9 Å². The molecule has 6 nitrogen and oxygen atoms in total. The Bertz CT molecular complexity index is 417. The summed E-state index contributed by atoms with van der Waals surface area (Å²) in [6, 6.07) is 0. The highest BCUT2D eigenvalue weighted by Crippen LogP contribution is 2.48. The van der Waals surface area contributed by atoms with Crippen LogP contribution in [0.5, 0.6) is 0 Å². The smallest absolute Gasteiger partial charge is 0.168 e. The highest BCUT2D eigenvalue weighted by Gasteiger charge is 2.54. The van der Waals surface area contributed by atoms with Crippen LogP contribution in [0.4, 0.5) is 0 Å². The minimum atomic E-state index is -0.574. The molecule has 0 aromatic carbocycles. The zero-order valence-electron chi connectivity index (χ0n) is 16.8. The van der Waals surface area contributed by atoms with Crippen molar-refractivity contribution in [3.8, 4) is 0 Å². The Hall–Kier alpha value is -0.240. The van der Waals surface area contributed by atoms with E-state index >= 15 is 0 Å². The summed E-state index contributed by atoms with van der Waals surface area (Å²) >= 11 is 0. The van der Waals surface area contributed by atoms with Crippen LogP contribution in [-0.4, -0.2) is 61.4 Å². The van der Waals surface area contributed by atoms with E-state index in [1.54, 1.807) is 0 Å². The second-order valence-electron chi connectivity index (χ2n) is 9.33. The van der Waals surface area contributed by atoms with Gasteiger partial charge in [-0.15, -0.1) is 0 Å². The molecule has 1 aliphatic carbocycles.